The van der Waals surface area contributed by atoms with Crippen molar-refractivity contribution in [1.29, 1.82) is 0 Å². The molecule has 2 aromatic rings. The van der Waals surface area contributed by atoms with Gasteiger partial charge in [-0.3, -0.25) is 4.98 Å². The summed E-state index contributed by atoms with van der Waals surface area (Å²) in [5.41, 5.74) is 8.80. The fourth-order valence-electron chi connectivity index (χ4n) is 2.99. The minimum Gasteiger partial charge on any atom is -0.396 e. The summed E-state index contributed by atoms with van der Waals surface area (Å²) in [6.45, 7) is 5.69. The number of benzene rings is 1. The van der Waals surface area contributed by atoms with Crippen molar-refractivity contribution in [3.05, 3.63) is 28.9 Å². The number of hydrogen-bond acceptors (Lipinski definition) is 4. The van der Waals surface area contributed by atoms with Crippen molar-refractivity contribution >= 4 is 38.2 Å². The van der Waals surface area contributed by atoms with Gasteiger partial charge in [0.25, 0.3) is 0 Å². The summed E-state index contributed by atoms with van der Waals surface area (Å²) >= 11 is 3.52. The second-order valence-corrected chi connectivity index (χ2v) is 6.72. The quantitative estimate of drug-likeness (QED) is 0.887. The third-order valence-corrected chi connectivity index (χ3v) is 4.47. The van der Waals surface area contributed by atoms with Gasteiger partial charge < -0.3 is 16.0 Å². The Morgan fingerprint density at radius 3 is 2.90 bits per heavy atom. The number of pyridine rings is 1. The van der Waals surface area contributed by atoms with Gasteiger partial charge in [-0.2, -0.15) is 0 Å². The van der Waals surface area contributed by atoms with Gasteiger partial charge in [0.15, 0.2) is 0 Å². The Morgan fingerprint density at radius 1 is 1.38 bits per heavy atom. The molecule has 1 aliphatic rings. The summed E-state index contributed by atoms with van der Waals surface area (Å²) in [7, 11) is 0. The summed E-state index contributed by atoms with van der Waals surface area (Å²) < 4.78 is 1.04. The Bertz CT molecular complexity index is 632. The van der Waals surface area contributed by atoms with Crippen LogP contribution >= 0.6 is 15.9 Å². The predicted octanol–water partition coefficient (Wildman–Crippen LogP) is 3.48. The van der Waals surface area contributed by atoms with Gasteiger partial charge in [-0.25, -0.2) is 0 Å². The van der Waals surface area contributed by atoms with Crippen molar-refractivity contribution in [2.75, 3.05) is 30.7 Å². The fraction of sp³-hybridized carbons (Fsp3) is 0.438. The van der Waals surface area contributed by atoms with Crippen LogP contribution in [0.4, 0.5) is 11.4 Å². The second-order valence-electron chi connectivity index (χ2n) is 5.80. The van der Waals surface area contributed by atoms with Crippen LogP contribution in [0.15, 0.2) is 28.9 Å². The molecule has 1 aliphatic heterocycles. The smallest absolute Gasteiger partial charge is 0.0743 e. The highest BCUT2D eigenvalue weighted by Gasteiger charge is 2.16. The zero-order valence-electron chi connectivity index (χ0n) is 12.3. The molecule has 4 nitrogen and oxygen atoms in total. The number of nitrogen functional groups attached to an aromatic ring is 1. The second kappa shape index (κ2) is 6.20. The SMILES string of the molecule is CC(CN1CCCC1)Nc1c(N)cnc2ccc(Br)cc12. The molecule has 5 heteroatoms. The highest BCUT2D eigenvalue weighted by atomic mass is 79.9. The molecule has 0 aliphatic carbocycles. The number of anilines is 2. The molecule has 21 heavy (non-hydrogen) atoms. The molecular formula is C16H21BrN4. The van der Waals surface area contributed by atoms with E-state index in [1.807, 2.05) is 12.1 Å². The van der Waals surface area contributed by atoms with Crippen LogP contribution in [-0.2, 0) is 0 Å². The molecule has 1 unspecified atom stereocenters. The Kier molecular flexibility index (Phi) is 4.31. The van der Waals surface area contributed by atoms with Crippen LogP contribution in [0, 0.1) is 0 Å². The molecule has 1 atom stereocenters. The average Bonchev–Trinajstić information content (AvgIpc) is 2.95. The van der Waals surface area contributed by atoms with E-state index in [0.29, 0.717) is 11.7 Å². The van der Waals surface area contributed by atoms with Gasteiger partial charge in [-0.15, -0.1) is 0 Å². The van der Waals surface area contributed by atoms with E-state index in [-0.39, 0.29) is 0 Å². The van der Waals surface area contributed by atoms with Gasteiger partial charge in [-0.1, -0.05) is 15.9 Å². The Balaban J connectivity index is 1.84. The van der Waals surface area contributed by atoms with E-state index in [1.165, 1.54) is 25.9 Å². The molecule has 0 amide bonds. The lowest BCUT2D eigenvalue weighted by molar-refractivity contribution is 0.328. The predicted molar refractivity (Wildman–Crippen MR) is 92.6 cm³/mol. The maximum Gasteiger partial charge on any atom is 0.0743 e. The number of hydrogen-bond donors (Lipinski definition) is 2. The number of rotatable bonds is 4. The van der Waals surface area contributed by atoms with Gasteiger partial charge in [0.1, 0.15) is 0 Å². The van der Waals surface area contributed by atoms with Crippen LogP contribution in [0.25, 0.3) is 10.9 Å². The van der Waals surface area contributed by atoms with Crippen molar-refractivity contribution < 1.29 is 0 Å². The average molecular weight is 349 g/mol. The van der Waals surface area contributed by atoms with E-state index >= 15 is 0 Å². The maximum absolute atomic E-state index is 6.14. The molecule has 1 saturated heterocycles. The first-order valence-corrected chi connectivity index (χ1v) is 8.25. The van der Waals surface area contributed by atoms with Crippen molar-refractivity contribution in [2.24, 2.45) is 0 Å². The van der Waals surface area contributed by atoms with Crippen molar-refractivity contribution in [3.63, 3.8) is 0 Å². The van der Waals surface area contributed by atoms with E-state index < -0.39 is 0 Å². The molecule has 112 valence electrons. The summed E-state index contributed by atoms with van der Waals surface area (Å²) in [6.07, 6.45) is 4.38. The van der Waals surface area contributed by atoms with Crippen LogP contribution in [0.2, 0.25) is 0 Å². The third kappa shape index (κ3) is 3.30. The molecule has 0 radical (unpaired) electrons. The van der Waals surface area contributed by atoms with Gasteiger partial charge >= 0.3 is 0 Å². The van der Waals surface area contributed by atoms with E-state index in [4.69, 9.17) is 5.73 Å². The topological polar surface area (TPSA) is 54.2 Å². The zero-order chi connectivity index (χ0) is 14.8. The summed E-state index contributed by atoms with van der Waals surface area (Å²) in [5, 5.41) is 4.65. The molecule has 2 heterocycles. The molecule has 3 N–H and O–H groups in total. The van der Waals surface area contributed by atoms with Crippen molar-refractivity contribution in [1.82, 2.24) is 9.88 Å². The highest BCUT2D eigenvalue weighted by Crippen LogP contribution is 2.30. The normalized spacial score (nSPS) is 17.2. The minimum atomic E-state index is 0.356. The molecular weight excluding hydrogens is 328 g/mol. The summed E-state index contributed by atoms with van der Waals surface area (Å²) in [4.78, 5) is 6.90. The molecule has 0 bridgehead atoms. The summed E-state index contributed by atoms with van der Waals surface area (Å²) in [6, 6.07) is 6.44. The zero-order valence-corrected chi connectivity index (χ0v) is 13.9. The minimum absolute atomic E-state index is 0.356. The summed E-state index contributed by atoms with van der Waals surface area (Å²) in [5.74, 6) is 0. The van der Waals surface area contributed by atoms with Crippen LogP contribution in [0.3, 0.4) is 0 Å². The van der Waals surface area contributed by atoms with E-state index in [1.54, 1.807) is 6.20 Å². The molecule has 1 aromatic heterocycles. The molecule has 1 aromatic carbocycles. The first-order valence-electron chi connectivity index (χ1n) is 7.46. The van der Waals surface area contributed by atoms with Crippen LogP contribution < -0.4 is 11.1 Å². The van der Waals surface area contributed by atoms with Gasteiger partial charge in [0.05, 0.1) is 23.1 Å². The van der Waals surface area contributed by atoms with Crippen molar-refractivity contribution in [2.45, 2.75) is 25.8 Å². The first-order chi connectivity index (χ1) is 10.1. The molecule has 0 saturated carbocycles. The third-order valence-electron chi connectivity index (χ3n) is 3.98. The molecule has 0 spiro atoms. The van der Waals surface area contributed by atoms with Crippen molar-refractivity contribution in [3.8, 4) is 0 Å². The number of nitrogens with zero attached hydrogens (tertiary/aromatic N) is 2. The number of halogens is 1. The standard InChI is InChI=1S/C16H21BrN4/c1-11(10-21-6-2-3-7-21)20-16-13-8-12(17)4-5-15(13)19-9-14(16)18/h4-5,8-9,11H,2-3,6-7,10,18H2,1H3,(H,19,20). The lowest BCUT2D eigenvalue weighted by Crippen LogP contribution is -2.33. The van der Waals surface area contributed by atoms with Gasteiger partial charge in [0.2, 0.25) is 0 Å². The number of nitrogens with one attached hydrogen (secondary N) is 1. The molecule has 1 fully saturated rings. The molecule has 3 rings (SSSR count). The number of fused-ring (bicyclic) bond motifs is 1. The van der Waals surface area contributed by atoms with Gasteiger partial charge in [-0.05, 0) is 51.1 Å². The van der Waals surface area contributed by atoms with Crippen LogP contribution in [0.5, 0.6) is 0 Å². The number of aromatic nitrogens is 1. The maximum atomic E-state index is 6.14. The van der Waals surface area contributed by atoms with E-state index in [9.17, 15) is 0 Å². The lowest BCUT2D eigenvalue weighted by atomic mass is 10.1. The first kappa shape index (κ1) is 14.6. The van der Waals surface area contributed by atoms with Gasteiger partial charge in [0, 0.05) is 22.4 Å². The fourth-order valence-corrected chi connectivity index (χ4v) is 3.35. The lowest BCUT2D eigenvalue weighted by Gasteiger charge is -2.23. The number of nitrogens with two attached hydrogens (primary N) is 1. The largest absolute Gasteiger partial charge is 0.396 e. The van der Waals surface area contributed by atoms with E-state index in [0.717, 1.165) is 27.6 Å². The number of likely N-dealkylation sites (tertiary alicyclic amines) is 1. The monoisotopic (exact) mass is 348 g/mol. The Morgan fingerprint density at radius 2 is 2.14 bits per heavy atom. The van der Waals surface area contributed by atoms with E-state index in [2.05, 4.69) is 44.1 Å². The van der Waals surface area contributed by atoms with Crippen LogP contribution in [-0.4, -0.2) is 35.6 Å². The Labute approximate surface area is 133 Å². The Hall–Kier alpha value is -1.33. The van der Waals surface area contributed by atoms with Crippen LogP contribution in [0.1, 0.15) is 19.8 Å². The highest BCUT2D eigenvalue weighted by molar-refractivity contribution is 9.10.